The molecule has 2 aliphatic rings. The maximum Gasteiger partial charge on any atom is 0.120 e. The second-order valence-electron chi connectivity index (χ2n) is 6.76. The molecule has 0 spiro atoms. The number of fused-ring (bicyclic) bond motifs is 5. The molecule has 22 heavy (non-hydrogen) atoms. The van der Waals surface area contributed by atoms with Crippen molar-refractivity contribution in [2.75, 3.05) is 6.54 Å². The number of nitrogens with one attached hydrogen (secondary N) is 1. The topological polar surface area (TPSA) is 26.2 Å². The summed E-state index contributed by atoms with van der Waals surface area (Å²) in [5.41, 5.74) is 7.22. The van der Waals surface area contributed by atoms with Crippen LogP contribution in [0, 0.1) is 0 Å². The van der Waals surface area contributed by atoms with Crippen LogP contribution in [-0.4, -0.2) is 17.2 Å². The van der Waals surface area contributed by atoms with Crippen LogP contribution in [0.3, 0.4) is 0 Å². The molecule has 0 amide bonds. The zero-order valence-electron chi connectivity index (χ0n) is 13.6. The molecule has 116 valence electrons. The van der Waals surface area contributed by atoms with Gasteiger partial charge in [0.05, 0.1) is 11.8 Å². The van der Waals surface area contributed by atoms with Gasteiger partial charge in [-0.15, -0.1) is 0 Å². The zero-order chi connectivity index (χ0) is 15.3. The number of hydrogen-bond acceptors (Lipinski definition) is 2. The third-order valence-electron chi connectivity index (χ3n) is 4.80. The fraction of sp³-hybridized carbons (Fsp3) is 0.474. The van der Waals surface area contributed by atoms with E-state index in [1.165, 1.54) is 28.1 Å². The highest BCUT2D eigenvalue weighted by Crippen LogP contribution is 2.39. The van der Waals surface area contributed by atoms with Gasteiger partial charge in [-0.05, 0) is 69.0 Å². The van der Waals surface area contributed by atoms with E-state index in [0.717, 1.165) is 31.7 Å². The summed E-state index contributed by atoms with van der Waals surface area (Å²) in [5, 5.41) is 3.56. The van der Waals surface area contributed by atoms with E-state index in [-0.39, 0.29) is 6.10 Å². The minimum absolute atomic E-state index is 0.227. The minimum atomic E-state index is 0.227. The molecule has 1 unspecified atom stereocenters. The van der Waals surface area contributed by atoms with E-state index in [1.807, 2.05) is 0 Å². The number of rotatable bonds is 2. The van der Waals surface area contributed by atoms with Crippen LogP contribution < -0.4 is 10.1 Å². The van der Waals surface area contributed by atoms with Gasteiger partial charge in [0.2, 0.25) is 0 Å². The van der Waals surface area contributed by atoms with Gasteiger partial charge in [0.25, 0.3) is 0 Å². The van der Waals surface area contributed by atoms with Crippen molar-refractivity contribution in [2.45, 2.75) is 52.3 Å². The summed E-state index contributed by atoms with van der Waals surface area (Å²) in [6, 6.07) is 9.48. The van der Waals surface area contributed by atoms with Crippen LogP contribution in [0.4, 0.5) is 0 Å². The predicted octanol–water partition coefficient (Wildman–Crippen LogP) is 3.71. The third kappa shape index (κ3) is 2.15. The fourth-order valence-electron chi connectivity index (χ4n) is 3.86. The number of aromatic nitrogens is 1. The van der Waals surface area contributed by atoms with Crippen LogP contribution in [0.25, 0.3) is 11.3 Å². The van der Waals surface area contributed by atoms with E-state index in [2.05, 4.69) is 54.9 Å². The van der Waals surface area contributed by atoms with E-state index in [4.69, 9.17) is 4.74 Å². The van der Waals surface area contributed by atoms with E-state index in [0.29, 0.717) is 6.04 Å². The predicted molar refractivity (Wildman–Crippen MR) is 89.5 cm³/mol. The molecule has 0 saturated heterocycles. The zero-order valence-corrected chi connectivity index (χ0v) is 13.6. The molecular formula is C19H24N2O. The highest BCUT2D eigenvalue weighted by atomic mass is 16.5. The first kappa shape index (κ1) is 13.9. The first-order chi connectivity index (χ1) is 10.6. The van der Waals surface area contributed by atoms with Crippen molar-refractivity contribution < 1.29 is 4.74 Å². The molecule has 0 saturated carbocycles. The standard InChI is InChI=1S/C19H24N2O/c1-12(2)22-16-6-7-17-14(10-16)4-5-15-11-18-13(3)20-8-9-21(18)19(15)17/h6-7,10-13,20H,4-5,8-9H2,1-3H3. The summed E-state index contributed by atoms with van der Waals surface area (Å²) in [6.07, 6.45) is 2.48. The Morgan fingerprint density at radius 3 is 2.82 bits per heavy atom. The Labute approximate surface area is 132 Å². The Morgan fingerprint density at radius 1 is 1.18 bits per heavy atom. The summed E-state index contributed by atoms with van der Waals surface area (Å²) in [5.74, 6) is 0.998. The van der Waals surface area contributed by atoms with E-state index in [9.17, 15) is 0 Å². The lowest BCUT2D eigenvalue weighted by molar-refractivity contribution is 0.242. The molecule has 0 fully saturated rings. The normalized spacial score (nSPS) is 19.5. The Hall–Kier alpha value is -1.74. The molecule has 1 aliphatic heterocycles. The van der Waals surface area contributed by atoms with Gasteiger partial charge in [0, 0.05) is 30.4 Å². The third-order valence-corrected chi connectivity index (χ3v) is 4.80. The van der Waals surface area contributed by atoms with Crippen LogP contribution in [0.15, 0.2) is 24.3 Å². The highest BCUT2D eigenvalue weighted by molar-refractivity contribution is 5.72. The second-order valence-corrected chi connectivity index (χ2v) is 6.76. The van der Waals surface area contributed by atoms with Crippen LogP contribution >= 0.6 is 0 Å². The number of aryl methyl sites for hydroxylation is 2. The molecule has 4 rings (SSSR count). The molecule has 2 heterocycles. The molecule has 1 aromatic carbocycles. The van der Waals surface area contributed by atoms with Gasteiger partial charge in [-0.25, -0.2) is 0 Å². The summed E-state index contributed by atoms with van der Waals surface area (Å²) < 4.78 is 8.39. The quantitative estimate of drug-likeness (QED) is 0.914. The fourth-order valence-corrected chi connectivity index (χ4v) is 3.86. The van der Waals surface area contributed by atoms with Crippen molar-refractivity contribution in [1.29, 1.82) is 0 Å². The Bertz CT molecular complexity index is 714. The summed E-state index contributed by atoms with van der Waals surface area (Å²) in [6.45, 7) is 8.54. The average molecular weight is 296 g/mol. The second kappa shape index (κ2) is 5.17. The average Bonchev–Trinajstić information content (AvgIpc) is 2.87. The minimum Gasteiger partial charge on any atom is -0.491 e. The first-order valence-corrected chi connectivity index (χ1v) is 8.39. The van der Waals surface area contributed by atoms with E-state index < -0.39 is 0 Å². The van der Waals surface area contributed by atoms with Crippen LogP contribution in [0.5, 0.6) is 5.75 Å². The lowest BCUT2D eigenvalue weighted by Crippen LogP contribution is -2.31. The van der Waals surface area contributed by atoms with E-state index >= 15 is 0 Å². The van der Waals surface area contributed by atoms with Crippen molar-refractivity contribution in [2.24, 2.45) is 0 Å². The molecule has 0 radical (unpaired) electrons. The van der Waals surface area contributed by atoms with Gasteiger partial charge in [-0.3, -0.25) is 0 Å². The summed E-state index contributed by atoms with van der Waals surface area (Å²) >= 11 is 0. The smallest absolute Gasteiger partial charge is 0.120 e. The van der Waals surface area contributed by atoms with Gasteiger partial charge < -0.3 is 14.6 Å². The molecule has 3 heteroatoms. The molecule has 1 aromatic heterocycles. The Morgan fingerprint density at radius 2 is 2.00 bits per heavy atom. The first-order valence-electron chi connectivity index (χ1n) is 8.39. The number of ether oxygens (including phenoxy) is 1. The molecular weight excluding hydrogens is 272 g/mol. The van der Waals surface area contributed by atoms with Gasteiger partial charge in [0.15, 0.2) is 0 Å². The van der Waals surface area contributed by atoms with Gasteiger partial charge in [-0.2, -0.15) is 0 Å². The van der Waals surface area contributed by atoms with Crippen molar-refractivity contribution >= 4 is 0 Å². The Kier molecular flexibility index (Phi) is 3.26. The molecule has 2 aromatic rings. The summed E-state index contributed by atoms with van der Waals surface area (Å²) in [4.78, 5) is 0. The lowest BCUT2D eigenvalue weighted by atomic mass is 9.90. The molecule has 0 bridgehead atoms. The molecule has 3 nitrogen and oxygen atoms in total. The van der Waals surface area contributed by atoms with Crippen molar-refractivity contribution in [1.82, 2.24) is 9.88 Å². The van der Waals surface area contributed by atoms with Crippen LogP contribution in [0.2, 0.25) is 0 Å². The Balaban J connectivity index is 1.80. The maximum absolute atomic E-state index is 5.86. The summed E-state index contributed by atoms with van der Waals surface area (Å²) in [7, 11) is 0. The SMILES string of the molecule is CC(C)Oc1ccc2c(c1)CCc1cc3n(c1-2)CCNC3C. The largest absolute Gasteiger partial charge is 0.491 e. The number of hydrogen-bond donors (Lipinski definition) is 1. The van der Waals surface area contributed by atoms with Crippen molar-refractivity contribution in [3.8, 4) is 17.0 Å². The number of benzene rings is 1. The number of nitrogens with zero attached hydrogens (tertiary/aromatic N) is 1. The van der Waals surface area contributed by atoms with Gasteiger partial charge in [-0.1, -0.05) is 0 Å². The van der Waals surface area contributed by atoms with Crippen molar-refractivity contribution in [3.63, 3.8) is 0 Å². The molecule has 1 N–H and O–H groups in total. The molecule has 1 aliphatic carbocycles. The van der Waals surface area contributed by atoms with Crippen LogP contribution in [0.1, 0.15) is 43.6 Å². The van der Waals surface area contributed by atoms with Crippen molar-refractivity contribution in [3.05, 3.63) is 41.1 Å². The van der Waals surface area contributed by atoms with Gasteiger partial charge in [0.1, 0.15) is 5.75 Å². The monoisotopic (exact) mass is 296 g/mol. The molecule has 1 atom stereocenters. The van der Waals surface area contributed by atoms with E-state index in [1.54, 1.807) is 0 Å². The lowest BCUT2D eigenvalue weighted by Gasteiger charge is -2.26. The highest BCUT2D eigenvalue weighted by Gasteiger charge is 2.26. The van der Waals surface area contributed by atoms with Crippen LogP contribution in [-0.2, 0) is 19.4 Å². The maximum atomic E-state index is 5.86. The van der Waals surface area contributed by atoms with Gasteiger partial charge >= 0.3 is 0 Å².